The average Bonchev–Trinajstić information content (AvgIpc) is 2.16. The van der Waals surface area contributed by atoms with Gasteiger partial charge in [0.2, 0.25) is 0 Å². The predicted octanol–water partition coefficient (Wildman–Crippen LogP) is 1.62. The lowest BCUT2D eigenvalue weighted by Gasteiger charge is -2.07. The first-order valence-corrected chi connectivity index (χ1v) is 3.75. The number of rotatable bonds is 4. The molecule has 1 aromatic carbocycles. The van der Waals surface area contributed by atoms with Gasteiger partial charge in [0.15, 0.2) is 6.29 Å². The number of carbonyl (C=O) groups is 1. The van der Waals surface area contributed by atoms with Crippen molar-refractivity contribution < 1.29 is 9.63 Å². The Bertz CT molecular complexity index is 236. The summed E-state index contributed by atoms with van der Waals surface area (Å²) in [4.78, 5) is 15.1. The van der Waals surface area contributed by atoms with Gasteiger partial charge in [-0.1, -0.05) is 18.2 Å². The van der Waals surface area contributed by atoms with E-state index in [1.54, 1.807) is 6.92 Å². The second kappa shape index (κ2) is 4.51. The summed E-state index contributed by atoms with van der Waals surface area (Å²) < 4.78 is 0. The molecular formula is C9H11NO2. The van der Waals surface area contributed by atoms with Crippen LogP contribution in [0, 0.1) is 0 Å². The minimum absolute atomic E-state index is 0.426. The van der Waals surface area contributed by atoms with Crippen molar-refractivity contribution in [2.24, 2.45) is 0 Å². The van der Waals surface area contributed by atoms with Crippen LogP contribution < -0.4 is 5.48 Å². The van der Waals surface area contributed by atoms with Crippen molar-refractivity contribution >= 4 is 12.0 Å². The van der Waals surface area contributed by atoms with Gasteiger partial charge in [-0.2, -0.15) is 0 Å². The fourth-order valence-electron chi connectivity index (χ4n) is 0.695. The van der Waals surface area contributed by atoms with E-state index in [4.69, 9.17) is 4.84 Å². The van der Waals surface area contributed by atoms with E-state index in [0.717, 1.165) is 12.0 Å². The Morgan fingerprint density at radius 3 is 2.67 bits per heavy atom. The summed E-state index contributed by atoms with van der Waals surface area (Å²) in [6.45, 7) is 1.67. The van der Waals surface area contributed by atoms with Gasteiger partial charge in [-0.05, 0) is 19.1 Å². The first-order chi connectivity index (χ1) is 5.83. The summed E-state index contributed by atoms with van der Waals surface area (Å²) in [5.74, 6) is 0. The zero-order chi connectivity index (χ0) is 8.81. The molecule has 0 fully saturated rings. The lowest BCUT2D eigenvalue weighted by atomic mass is 10.3. The lowest BCUT2D eigenvalue weighted by molar-refractivity contribution is -0.115. The van der Waals surface area contributed by atoms with E-state index in [0.29, 0.717) is 0 Å². The summed E-state index contributed by atoms with van der Waals surface area (Å²) >= 11 is 0. The molecule has 12 heavy (non-hydrogen) atoms. The minimum Gasteiger partial charge on any atom is -0.300 e. The normalized spacial score (nSPS) is 12.1. The van der Waals surface area contributed by atoms with Crippen LogP contribution in [-0.4, -0.2) is 12.4 Å². The number of hydrogen-bond acceptors (Lipinski definition) is 3. The highest BCUT2D eigenvalue weighted by atomic mass is 16.7. The minimum atomic E-state index is -0.426. The van der Waals surface area contributed by atoms with Crippen LogP contribution >= 0.6 is 0 Å². The topological polar surface area (TPSA) is 38.3 Å². The van der Waals surface area contributed by atoms with Gasteiger partial charge in [-0.3, -0.25) is 10.3 Å². The number of benzene rings is 1. The molecule has 0 aliphatic carbocycles. The van der Waals surface area contributed by atoms with Gasteiger partial charge in [0.05, 0.1) is 5.69 Å². The van der Waals surface area contributed by atoms with E-state index < -0.39 is 6.10 Å². The highest BCUT2D eigenvalue weighted by Gasteiger charge is 1.97. The molecule has 0 aromatic heterocycles. The van der Waals surface area contributed by atoms with Gasteiger partial charge in [-0.25, -0.2) is 0 Å². The highest BCUT2D eigenvalue weighted by molar-refractivity contribution is 5.55. The van der Waals surface area contributed by atoms with Gasteiger partial charge < -0.3 is 4.79 Å². The third kappa shape index (κ3) is 2.72. The zero-order valence-corrected chi connectivity index (χ0v) is 6.86. The second-order valence-electron chi connectivity index (χ2n) is 2.43. The van der Waals surface area contributed by atoms with Crippen LogP contribution in [0.15, 0.2) is 30.3 Å². The molecule has 0 unspecified atom stereocenters. The number of carbonyl (C=O) groups excluding carboxylic acids is 1. The molecule has 1 N–H and O–H groups in total. The van der Waals surface area contributed by atoms with Crippen molar-refractivity contribution in [3.8, 4) is 0 Å². The molecule has 1 atom stereocenters. The van der Waals surface area contributed by atoms with E-state index in [2.05, 4.69) is 5.48 Å². The SMILES string of the molecule is C[C@@H](C=O)ONc1ccccc1. The fraction of sp³-hybridized carbons (Fsp3) is 0.222. The van der Waals surface area contributed by atoms with Crippen molar-refractivity contribution in [2.45, 2.75) is 13.0 Å². The molecule has 0 saturated heterocycles. The molecule has 0 saturated carbocycles. The molecule has 0 heterocycles. The van der Waals surface area contributed by atoms with E-state index >= 15 is 0 Å². The lowest BCUT2D eigenvalue weighted by Crippen LogP contribution is -2.13. The average molecular weight is 165 g/mol. The van der Waals surface area contributed by atoms with Crippen molar-refractivity contribution in [1.29, 1.82) is 0 Å². The maximum Gasteiger partial charge on any atom is 0.151 e. The molecule has 1 rings (SSSR count). The Balaban J connectivity index is 2.38. The second-order valence-corrected chi connectivity index (χ2v) is 2.43. The summed E-state index contributed by atoms with van der Waals surface area (Å²) in [7, 11) is 0. The number of aldehydes is 1. The van der Waals surface area contributed by atoms with Crippen LogP contribution in [0.25, 0.3) is 0 Å². The van der Waals surface area contributed by atoms with E-state index in [-0.39, 0.29) is 0 Å². The molecule has 0 amide bonds. The molecule has 64 valence electrons. The van der Waals surface area contributed by atoms with Gasteiger partial charge in [0.25, 0.3) is 0 Å². The Morgan fingerprint density at radius 2 is 2.08 bits per heavy atom. The van der Waals surface area contributed by atoms with Crippen LogP contribution in [-0.2, 0) is 9.63 Å². The molecule has 0 spiro atoms. The van der Waals surface area contributed by atoms with Crippen LogP contribution in [0.4, 0.5) is 5.69 Å². The van der Waals surface area contributed by atoms with Gasteiger partial charge in [-0.15, -0.1) is 0 Å². The van der Waals surface area contributed by atoms with Gasteiger partial charge in [0, 0.05) is 0 Å². The van der Waals surface area contributed by atoms with Crippen molar-refractivity contribution in [3.05, 3.63) is 30.3 Å². The molecule has 0 aliphatic rings. The van der Waals surface area contributed by atoms with Crippen LogP contribution in [0.5, 0.6) is 0 Å². The number of hydrogen-bond donors (Lipinski definition) is 1. The quantitative estimate of drug-likeness (QED) is 0.544. The van der Waals surface area contributed by atoms with Gasteiger partial charge in [0.1, 0.15) is 6.10 Å². The van der Waals surface area contributed by atoms with Crippen molar-refractivity contribution in [3.63, 3.8) is 0 Å². The molecule has 1 aromatic rings. The summed E-state index contributed by atoms with van der Waals surface area (Å²) in [5, 5.41) is 0. The summed E-state index contributed by atoms with van der Waals surface area (Å²) in [6.07, 6.45) is 0.306. The monoisotopic (exact) mass is 165 g/mol. The molecule has 3 nitrogen and oxygen atoms in total. The van der Waals surface area contributed by atoms with E-state index in [1.165, 1.54) is 0 Å². The molecule has 0 aliphatic heterocycles. The zero-order valence-electron chi connectivity index (χ0n) is 6.86. The van der Waals surface area contributed by atoms with Crippen molar-refractivity contribution in [1.82, 2.24) is 0 Å². The maximum absolute atomic E-state index is 10.2. The standard InChI is InChI=1S/C9H11NO2/c1-8(7-11)12-10-9-5-3-2-4-6-9/h2-8,10H,1H3/t8-/m0/s1. The van der Waals surface area contributed by atoms with E-state index in [1.807, 2.05) is 30.3 Å². The molecular weight excluding hydrogens is 154 g/mol. The number of nitrogens with one attached hydrogen (secondary N) is 1. The highest BCUT2D eigenvalue weighted by Crippen LogP contribution is 2.04. The third-order valence-electron chi connectivity index (χ3n) is 1.33. The number of para-hydroxylation sites is 1. The number of anilines is 1. The van der Waals surface area contributed by atoms with Crippen LogP contribution in [0.3, 0.4) is 0 Å². The Hall–Kier alpha value is -1.35. The predicted molar refractivity (Wildman–Crippen MR) is 46.7 cm³/mol. The molecule has 0 radical (unpaired) electrons. The maximum atomic E-state index is 10.2. The van der Waals surface area contributed by atoms with Crippen molar-refractivity contribution in [2.75, 3.05) is 5.48 Å². The first-order valence-electron chi connectivity index (χ1n) is 3.75. The first kappa shape index (κ1) is 8.74. The Labute approximate surface area is 71.3 Å². The van der Waals surface area contributed by atoms with Gasteiger partial charge >= 0.3 is 0 Å². The van der Waals surface area contributed by atoms with Crippen LogP contribution in [0.2, 0.25) is 0 Å². The third-order valence-corrected chi connectivity index (χ3v) is 1.33. The smallest absolute Gasteiger partial charge is 0.151 e. The summed E-state index contributed by atoms with van der Waals surface area (Å²) in [5.41, 5.74) is 3.50. The van der Waals surface area contributed by atoms with Crippen LogP contribution in [0.1, 0.15) is 6.92 Å². The van der Waals surface area contributed by atoms with E-state index in [9.17, 15) is 4.79 Å². The Morgan fingerprint density at radius 1 is 1.42 bits per heavy atom. The molecule has 0 bridgehead atoms. The molecule has 3 heteroatoms. The fourth-order valence-corrected chi connectivity index (χ4v) is 0.695. The largest absolute Gasteiger partial charge is 0.300 e. The Kier molecular flexibility index (Phi) is 3.29. The summed E-state index contributed by atoms with van der Waals surface area (Å²) in [6, 6.07) is 9.40.